The minimum atomic E-state index is -1.72. The van der Waals surface area contributed by atoms with E-state index in [2.05, 4.69) is 41.9 Å². The zero-order valence-electron chi connectivity index (χ0n) is 26.1. The zero-order valence-corrected chi connectivity index (χ0v) is 26.1. The first-order valence-corrected chi connectivity index (χ1v) is 16.0. The first kappa shape index (κ1) is 29.3. The van der Waals surface area contributed by atoms with Gasteiger partial charge in [-0.15, -0.1) is 0 Å². The van der Waals surface area contributed by atoms with Crippen LogP contribution in [0.3, 0.4) is 0 Å². The van der Waals surface area contributed by atoms with Gasteiger partial charge in [-0.3, -0.25) is 0 Å². The molecule has 0 unspecified atom stereocenters. The Hall–Kier alpha value is -6.16. The van der Waals surface area contributed by atoms with Crippen LogP contribution in [0.1, 0.15) is 44.5 Å². The van der Waals surface area contributed by atoms with E-state index in [1.54, 1.807) is 0 Å². The normalized spacial score (nSPS) is 15.6. The summed E-state index contributed by atoms with van der Waals surface area (Å²) in [6, 6.07) is 55.0. The number of aliphatic hydroxyl groups is 2. The largest absolute Gasteiger partial charge is 0.376 e. The average molecular weight is 615 g/mol. The monoisotopic (exact) mass is 614 g/mol. The first-order chi connectivity index (χ1) is 23.6. The number of benzene rings is 7. The average Bonchev–Trinajstić information content (AvgIpc) is 3.42. The fraction of sp³-hybridized carbons (Fsp3) is 0.0435. The van der Waals surface area contributed by atoms with Crippen molar-refractivity contribution in [3.05, 3.63) is 214 Å². The lowest BCUT2D eigenvalue weighted by Gasteiger charge is -2.28. The maximum Gasteiger partial charge on any atom is 0.178 e. The lowest BCUT2D eigenvalue weighted by Crippen LogP contribution is -2.28. The lowest BCUT2D eigenvalue weighted by molar-refractivity contribution is 0.130. The van der Waals surface area contributed by atoms with Gasteiger partial charge in [0.25, 0.3) is 0 Å². The maximum absolute atomic E-state index is 12.9. The number of fused-ring (bicyclic) bond motifs is 4. The number of rotatable bonds is 3. The predicted octanol–water partition coefficient (Wildman–Crippen LogP) is 8.79. The molecule has 0 radical (unpaired) electrons. The lowest BCUT2D eigenvalue weighted by atomic mass is 9.80. The highest BCUT2D eigenvalue weighted by Crippen LogP contribution is 2.53. The summed E-state index contributed by atoms with van der Waals surface area (Å²) in [6.45, 7) is 0. The van der Waals surface area contributed by atoms with Crippen molar-refractivity contribution in [3.8, 4) is 34.8 Å². The van der Waals surface area contributed by atoms with E-state index in [-0.39, 0.29) is 0 Å². The third kappa shape index (κ3) is 4.80. The van der Waals surface area contributed by atoms with Crippen LogP contribution in [0.4, 0.5) is 0 Å². The summed E-state index contributed by atoms with van der Waals surface area (Å²) in [7, 11) is 0. The number of hydrogen-bond acceptors (Lipinski definition) is 2. The minimum absolute atomic E-state index is 0.589. The van der Waals surface area contributed by atoms with Gasteiger partial charge in [0.1, 0.15) is 5.60 Å². The first-order valence-electron chi connectivity index (χ1n) is 16.0. The Labute approximate surface area is 280 Å². The molecule has 0 saturated heterocycles. The van der Waals surface area contributed by atoms with Gasteiger partial charge in [0.2, 0.25) is 0 Å². The van der Waals surface area contributed by atoms with Gasteiger partial charge in [0.15, 0.2) is 5.60 Å². The molecule has 2 N–H and O–H groups in total. The van der Waals surface area contributed by atoms with E-state index >= 15 is 0 Å². The van der Waals surface area contributed by atoms with Crippen LogP contribution in [-0.4, -0.2) is 10.2 Å². The van der Waals surface area contributed by atoms with E-state index in [9.17, 15) is 10.2 Å². The molecule has 0 fully saturated rings. The Morgan fingerprint density at radius 2 is 1.17 bits per heavy atom. The van der Waals surface area contributed by atoms with Crippen LogP contribution in [0.15, 0.2) is 170 Å². The summed E-state index contributed by atoms with van der Waals surface area (Å²) in [5.74, 6) is 13.4. The minimum Gasteiger partial charge on any atom is -0.376 e. The van der Waals surface area contributed by atoms with Crippen LogP contribution in [0.25, 0.3) is 21.9 Å². The van der Waals surface area contributed by atoms with Crippen molar-refractivity contribution in [2.45, 2.75) is 11.2 Å². The predicted molar refractivity (Wildman–Crippen MR) is 193 cm³/mol. The second-order valence-corrected chi connectivity index (χ2v) is 12.0. The summed E-state index contributed by atoms with van der Waals surface area (Å²) in [6.07, 6.45) is 0. The van der Waals surface area contributed by atoms with Gasteiger partial charge in [0, 0.05) is 38.9 Å². The Morgan fingerprint density at radius 3 is 1.96 bits per heavy atom. The molecule has 0 saturated carbocycles. The molecule has 0 aliphatic heterocycles. The molecule has 0 amide bonds. The maximum atomic E-state index is 12.9. The highest BCUT2D eigenvalue weighted by Gasteiger charge is 2.45. The fourth-order valence-corrected chi connectivity index (χ4v) is 6.91. The van der Waals surface area contributed by atoms with Crippen LogP contribution < -0.4 is 0 Å². The molecule has 0 heterocycles. The molecule has 2 nitrogen and oxygen atoms in total. The fourth-order valence-electron chi connectivity index (χ4n) is 6.91. The van der Waals surface area contributed by atoms with Crippen LogP contribution in [0.5, 0.6) is 0 Å². The molecular weight excluding hydrogens is 585 g/mol. The summed E-state index contributed by atoms with van der Waals surface area (Å²) in [5, 5.41) is 27.7. The van der Waals surface area contributed by atoms with E-state index in [1.165, 1.54) is 0 Å². The van der Waals surface area contributed by atoms with Gasteiger partial charge in [-0.25, -0.2) is 0 Å². The molecule has 2 heteroatoms. The van der Waals surface area contributed by atoms with Crippen LogP contribution in [0, 0.1) is 23.7 Å². The summed E-state index contributed by atoms with van der Waals surface area (Å²) < 4.78 is 0. The molecule has 0 spiro atoms. The summed E-state index contributed by atoms with van der Waals surface area (Å²) in [4.78, 5) is 0. The smallest absolute Gasteiger partial charge is 0.178 e. The Kier molecular flexibility index (Phi) is 7.25. The Balaban J connectivity index is 1.41. The van der Waals surface area contributed by atoms with Crippen LogP contribution in [0.2, 0.25) is 0 Å². The molecule has 1 aliphatic carbocycles. The molecule has 226 valence electrons. The van der Waals surface area contributed by atoms with Gasteiger partial charge >= 0.3 is 0 Å². The summed E-state index contributed by atoms with van der Waals surface area (Å²) in [5.41, 5.74) is 4.46. The van der Waals surface area contributed by atoms with E-state index in [0.717, 1.165) is 38.6 Å². The Morgan fingerprint density at radius 1 is 0.542 bits per heavy atom. The van der Waals surface area contributed by atoms with Gasteiger partial charge in [-0.1, -0.05) is 169 Å². The summed E-state index contributed by atoms with van der Waals surface area (Å²) >= 11 is 0. The SMILES string of the molecule is O[C@@](C#Cc1c2c(cc3ccccc13)-c1ccccc1[C@@]2(O)c1ccccc1)(c1ccccc1)c1ccccc1C#Cc1ccccc1. The van der Waals surface area contributed by atoms with Crippen molar-refractivity contribution in [2.75, 3.05) is 0 Å². The van der Waals surface area contributed by atoms with Crippen molar-refractivity contribution >= 4 is 10.8 Å². The molecule has 2 atom stereocenters. The van der Waals surface area contributed by atoms with E-state index < -0.39 is 11.2 Å². The molecule has 7 aromatic carbocycles. The van der Waals surface area contributed by atoms with Crippen molar-refractivity contribution in [1.29, 1.82) is 0 Å². The third-order valence-corrected chi connectivity index (χ3v) is 9.20. The van der Waals surface area contributed by atoms with E-state index in [4.69, 9.17) is 0 Å². The molecule has 7 aromatic rings. The van der Waals surface area contributed by atoms with Gasteiger partial charge < -0.3 is 10.2 Å². The zero-order chi connectivity index (χ0) is 32.6. The molecular formula is C46H30O2. The van der Waals surface area contributed by atoms with Crippen molar-refractivity contribution in [1.82, 2.24) is 0 Å². The quantitative estimate of drug-likeness (QED) is 0.195. The van der Waals surface area contributed by atoms with Crippen LogP contribution >= 0.6 is 0 Å². The molecule has 0 aromatic heterocycles. The number of hydrogen-bond donors (Lipinski definition) is 2. The van der Waals surface area contributed by atoms with Crippen LogP contribution in [-0.2, 0) is 11.2 Å². The highest BCUT2D eigenvalue weighted by molar-refractivity contribution is 5.99. The van der Waals surface area contributed by atoms with E-state index in [1.807, 2.05) is 152 Å². The second-order valence-electron chi connectivity index (χ2n) is 12.0. The molecule has 0 bridgehead atoms. The molecule has 1 aliphatic rings. The van der Waals surface area contributed by atoms with Crippen molar-refractivity contribution in [2.24, 2.45) is 0 Å². The standard InChI is InChI=1S/C46H30O2/c47-45(36-20-6-2-7-21-36,42-26-14-11-18-34(42)29-28-33-16-4-1-5-17-33)31-30-40-38-24-12-10-19-35(38)32-41-39-25-13-15-27-43(39)46(48,44(40)41)37-22-8-3-9-23-37/h1-27,32,47-48H/t45-,46-/m0/s1. The van der Waals surface area contributed by atoms with Gasteiger partial charge in [-0.2, -0.15) is 0 Å². The topological polar surface area (TPSA) is 40.5 Å². The van der Waals surface area contributed by atoms with Crippen molar-refractivity contribution < 1.29 is 10.2 Å². The van der Waals surface area contributed by atoms with Gasteiger partial charge in [-0.05, 0) is 51.7 Å². The Bertz CT molecular complexity index is 2430. The van der Waals surface area contributed by atoms with Gasteiger partial charge in [0.05, 0.1) is 0 Å². The van der Waals surface area contributed by atoms with E-state index in [0.29, 0.717) is 27.8 Å². The second kappa shape index (κ2) is 11.9. The highest BCUT2D eigenvalue weighted by atomic mass is 16.3. The van der Waals surface area contributed by atoms with Crippen molar-refractivity contribution in [3.63, 3.8) is 0 Å². The molecule has 8 rings (SSSR count). The third-order valence-electron chi connectivity index (χ3n) is 9.20. The molecule has 48 heavy (non-hydrogen) atoms.